The first-order valence-electron chi connectivity index (χ1n) is 6.60. The molecule has 1 rings (SSSR count). The van der Waals surface area contributed by atoms with Gasteiger partial charge in [-0.3, -0.25) is 0 Å². The van der Waals surface area contributed by atoms with Crippen LogP contribution in [-0.4, -0.2) is 10.1 Å². The Morgan fingerprint density at radius 1 is 1.12 bits per heavy atom. The average molecular weight is 222 g/mol. The lowest BCUT2D eigenvalue weighted by atomic mass is 9.90. The van der Waals surface area contributed by atoms with Gasteiger partial charge in [0.2, 0.25) is 0 Å². The summed E-state index contributed by atoms with van der Waals surface area (Å²) < 4.78 is 2.30. The van der Waals surface area contributed by atoms with Gasteiger partial charge in [0, 0.05) is 30.5 Å². The second-order valence-electron chi connectivity index (χ2n) is 4.48. The van der Waals surface area contributed by atoms with Crippen molar-refractivity contribution in [2.75, 3.05) is 0 Å². The van der Waals surface area contributed by atoms with Gasteiger partial charge in [0.05, 0.1) is 0 Å². The molecule has 0 saturated carbocycles. The van der Waals surface area contributed by atoms with E-state index in [2.05, 4.69) is 55.9 Å². The topological polar surface area (TPSA) is 17.0 Å². The van der Waals surface area contributed by atoms with Crippen molar-refractivity contribution >= 4 is 0 Å². The smallest absolute Gasteiger partial charge is 0.0364 e. The molecule has 2 heteroatoms. The summed E-state index contributed by atoms with van der Waals surface area (Å²) in [6, 6.07) is 4.34. The van der Waals surface area contributed by atoms with Gasteiger partial charge in [0.15, 0.2) is 0 Å². The number of aromatic nitrogens is 1. The third kappa shape index (κ3) is 2.88. The van der Waals surface area contributed by atoms with E-state index in [-0.39, 0.29) is 0 Å². The summed E-state index contributed by atoms with van der Waals surface area (Å²) in [4.78, 5) is 0. The zero-order valence-corrected chi connectivity index (χ0v) is 11.2. The van der Waals surface area contributed by atoms with Crippen LogP contribution in [0.15, 0.2) is 18.3 Å². The van der Waals surface area contributed by atoms with E-state index >= 15 is 0 Å². The molecule has 0 saturated heterocycles. The molecule has 0 aromatic carbocycles. The Hall–Kier alpha value is -0.760. The van der Waals surface area contributed by atoms with Crippen molar-refractivity contribution in [1.82, 2.24) is 9.88 Å². The van der Waals surface area contributed by atoms with Crippen molar-refractivity contribution in [2.45, 2.75) is 65.6 Å². The lowest BCUT2D eigenvalue weighted by Gasteiger charge is -2.32. The molecule has 0 aliphatic carbocycles. The normalized spacial score (nSPS) is 12.0. The summed E-state index contributed by atoms with van der Waals surface area (Å²) in [5.41, 5.74) is 1.71. The molecule has 92 valence electrons. The van der Waals surface area contributed by atoms with E-state index in [1.807, 2.05) is 0 Å². The second-order valence-corrected chi connectivity index (χ2v) is 4.48. The number of nitrogens with zero attached hydrogens (tertiary/aromatic N) is 1. The molecule has 1 N–H and O–H groups in total. The summed E-state index contributed by atoms with van der Waals surface area (Å²) in [7, 11) is 0. The highest BCUT2D eigenvalue weighted by molar-refractivity contribution is 5.07. The summed E-state index contributed by atoms with van der Waals surface area (Å²) in [5.74, 6) is 0. The average Bonchev–Trinajstić information content (AvgIpc) is 2.79. The van der Waals surface area contributed by atoms with Gasteiger partial charge in [-0.15, -0.1) is 0 Å². The van der Waals surface area contributed by atoms with Gasteiger partial charge >= 0.3 is 0 Å². The molecule has 2 nitrogen and oxygen atoms in total. The number of aryl methyl sites for hydroxylation is 1. The van der Waals surface area contributed by atoms with Gasteiger partial charge < -0.3 is 9.88 Å². The Morgan fingerprint density at radius 3 is 2.25 bits per heavy atom. The standard InChI is InChI=1S/C14H26N2/c1-5-14(6-2,7-3)15-12-13-10-9-11-16(13)8-4/h9-11,15H,5-8,12H2,1-4H3. The Morgan fingerprint density at radius 2 is 1.75 bits per heavy atom. The summed E-state index contributed by atoms with van der Waals surface area (Å²) in [6.45, 7) is 11.1. The molecular formula is C14H26N2. The fourth-order valence-electron chi connectivity index (χ4n) is 2.32. The van der Waals surface area contributed by atoms with Crippen LogP contribution in [-0.2, 0) is 13.1 Å². The predicted molar refractivity (Wildman–Crippen MR) is 70.5 cm³/mol. The summed E-state index contributed by atoms with van der Waals surface area (Å²) in [6.07, 6.45) is 5.76. The highest BCUT2D eigenvalue weighted by Gasteiger charge is 2.22. The fourth-order valence-corrected chi connectivity index (χ4v) is 2.32. The minimum atomic E-state index is 0.322. The van der Waals surface area contributed by atoms with E-state index in [1.165, 1.54) is 25.0 Å². The molecule has 0 spiro atoms. The monoisotopic (exact) mass is 222 g/mol. The first kappa shape index (κ1) is 13.3. The molecule has 0 bridgehead atoms. The van der Waals surface area contributed by atoms with Gasteiger partial charge in [-0.1, -0.05) is 20.8 Å². The van der Waals surface area contributed by atoms with Crippen molar-refractivity contribution in [3.63, 3.8) is 0 Å². The Labute approximate surface area is 100 Å². The molecule has 0 amide bonds. The van der Waals surface area contributed by atoms with Crippen molar-refractivity contribution in [3.05, 3.63) is 24.0 Å². The van der Waals surface area contributed by atoms with Crippen molar-refractivity contribution < 1.29 is 0 Å². The van der Waals surface area contributed by atoms with E-state index in [0.29, 0.717) is 5.54 Å². The van der Waals surface area contributed by atoms with Gasteiger partial charge in [-0.25, -0.2) is 0 Å². The lowest BCUT2D eigenvalue weighted by Crippen LogP contribution is -2.43. The molecular weight excluding hydrogens is 196 g/mol. The van der Waals surface area contributed by atoms with Gasteiger partial charge in [-0.05, 0) is 38.3 Å². The van der Waals surface area contributed by atoms with E-state index in [9.17, 15) is 0 Å². The zero-order valence-electron chi connectivity index (χ0n) is 11.2. The summed E-state index contributed by atoms with van der Waals surface area (Å²) in [5, 5.41) is 3.74. The van der Waals surface area contributed by atoms with Crippen LogP contribution in [0.4, 0.5) is 0 Å². The molecule has 0 aliphatic heterocycles. The lowest BCUT2D eigenvalue weighted by molar-refractivity contribution is 0.285. The minimum Gasteiger partial charge on any atom is -0.351 e. The third-order valence-corrected chi connectivity index (χ3v) is 3.94. The molecule has 0 fully saturated rings. The quantitative estimate of drug-likeness (QED) is 0.746. The second kappa shape index (κ2) is 6.09. The number of hydrogen-bond donors (Lipinski definition) is 1. The number of nitrogens with one attached hydrogen (secondary N) is 1. The maximum absolute atomic E-state index is 3.74. The number of rotatable bonds is 7. The third-order valence-electron chi connectivity index (χ3n) is 3.94. The van der Waals surface area contributed by atoms with E-state index in [0.717, 1.165) is 13.1 Å². The largest absolute Gasteiger partial charge is 0.351 e. The van der Waals surface area contributed by atoms with Crippen molar-refractivity contribution in [2.24, 2.45) is 0 Å². The SMILES string of the molecule is CCn1cccc1CNC(CC)(CC)CC. The Bertz CT molecular complexity index is 289. The van der Waals surface area contributed by atoms with Gasteiger partial charge in [-0.2, -0.15) is 0 Å². The Kier molecular flexibility index (Phi) is 5.07. The van der Waals surface area contributed by atoms with E-state index < -0.39 is 0 Å². The highest BCUT2D eigenvalue weighted by Crippen LogP contribution is 2.20. The first-order chi connectivity index (χ1) is 7.71. The maximum Gasteiger partial charge on any atom is 0.0364 e. The molecule has 1 aromatic rings. The summed E-state index contributed by atoms with van der Waals surface area (Å²) >= 11 is 0. The van der Waals surface area contributed by atoms with Crippen LogP contribution in [0, 0.1) is 0 Å². The fraction of sp³-hybridized carbons (Fsp3) is 0.714. The molecule has 0 aliphatic rings. The number of hydrogen-bond acceptors (Lipinski definition) is 1. The molecule has 16 heavy (non-hydrogen) atoms. The molecule has 0 radical (unpaired) electrons. The van der Waals surface area contributed by atoms with Crippen LogP contribution in [0.5, 0.6) is 0 Å². The molecule has 0 atom stereocenters. The van der Waals surface area contributed by atoms with E-state index in [1.54, 1.807) is 0 Å². The van der Waals surface area contributed by atoms with Crippen LogP contribution < -0.4 is 5.32 Å². The van der Waals surface area contributed by atoms with Gasteiger partial charge in [0.25, 0.3) is 0 Å². The van der Waals surface area contributed by atoms with Crippen LogP contribution in [0.25, 0.3) is 0 Å². The van der Waals surface area contributed by atoms with Crippen LogP contribution in [0.1, 0.15) is 52.7 Å². The van der Waals surface area contributed by atoms with Crippen LogP contribution >= 0.6 is 0 Å². The molecule has 0 unspecified atom stereocenters. The maximum atomic E-state index is 3.74. The first-order valence-corrected chi connectivity index (χ1v) is 6.60. The van der Waals surface area contributed by atoms with Crippen molar-refractivity contribution in [1.29, 1.82) is 0 Å². The van der Waals surface area contributed by atoms with Gasteiger partial charge in [0.1, 0.15) is 0 Å². The molecule has 1 aromatic heterocycles. The van der Waals surface area contributed by atoms with Crippen LogP contribution in [0.2, 0.25) is 0 Å². The predicted octanol–water partition coefficient (Wildman–Crippen LogP) is 3.57. The zero-order chi connectivity index (χ0) is 12.0. The Balaban J connectivity index is 2.62. The minimum absolute atomic E-state index is 0.322. The van der Waals surface area contributed by atoms with Crippen molar-refractivity contribution in [3.8, 4) is 0 Å². The molecule has 1 heterocycles. The van der Waals surface area contributed by atoms with Crippen LogP contribution in [0.3, 0.4) is 0 Å². The highest BCUT2D eigenvalue weighted by atomic mass is 15.0. The van der Waals surface area contributed by atoms with E-state index in [4.69, 9.17) is 0 Å².